The molecular weight excluding hydrogens is 211 g/mol. The van der Waals surface area contributed by atoms with Crippen molar-refractivity contribution >= 4 is 17.5 Å². The Morgan fingerprint density at radius 1 is 1.19 bits per heavy atom. The highest BCUT2D eigenvalue weighted by atomic mass is 19.1. The minimum absolute atomic E-state index is 0.00376. The summed E-state index contributed by atoms with van der Waals surface area (Å²) < 4.78 is 12.7. The largest absolute Gasteiger partial charge is 0.347 e. The lowest BCUT2D eigenvalue weighted by Gasteiger charge is -2.19. The van der Waals surface area contributed by atoms with Crippen LogP contribution in [-0.2, 0) is 9.59 Å². The van der Waals surface area contributed by atoms with Crippen LogP contribution in [0.15, 0.2) is 24.3 Å². The first-order valence-corrected chi connectivity index (χ1v) is 4.99. The van der Waals surface area contributed by atoms with Gasteiger partial charge in [0.15, 0.2) is 0 Å². The molecule has 84 valence electrons. The maximum absolute atomic E-state index is 12.7. The van der Waals surface area contributed by atoms with E-state index in [-0.39, 0.29) is 30.6 Å². The van der Waals surface area contributed by atoms with Crippen molar-refractivity contribution in [3.63, 3.8) is 0 Å². The first-order valence-electron chi connectivity index (χ1n) is 4.99. The highest BCUT2D eigenvalue weighted by Crippen LogP contribution is 2.16. The van der Waals surface area contributed by atoms with Crippen LogP contribution in [0.4, 0.5) is 10.1 Å². The van der Waals surface area contributed by atoms with E-state index in [0.29, 0.717) is 12.2 Å². The summed E-state index contributed by atoms with van der Waals surface area (Å²) in [6.45, 7) is 0.326. The van der Waals surface area contributed by atoms with Crippen LogP contribution in [0.2, 0.25) is 0 Å². The zero-order valence-electron chi connectivity index (χ0n) is 8.57. The Morgan fingerprint density at radius 2 is 1.88 bits per heavy atom. The summed E-state index contributed by atoms with van der Waals surface area (Å²) in [6, 6.07) is 5.65. The summed E-state index contributed by atoms with van der Waals surface area (Å²) in [4.78, 5) is 24.3. The number of anilines is 1. The third-order valence-corrected chi connectivity index (χ3v) is 2.44. The van der Waals surface area contributed by atoms with Crippen LogP contribution in [0.1, 0.15) is 6.42 Å². The second kappa shape index (κ2) is 4.30. The zero-order chi connectivity index (χ0) is 11.5. The molecule has 1 aromatic carbocycles. The molecule has 0 bridgehead atoms. The summed E-state index contributed by atoms with van der Waals surface area (Å²) in [5.41, 5.74) is 0.614. The molecule has 5 heteroatoms. The lowest BCUT2D eigenvalue weighted by Crippen LogP contribution is -2.35. The van der Waals surface area contributed by atoms with Gasteiger partial charge >= 0.3 is 0 Å². The van der Waals surface area contributed by atoms with E-state index in [9.17, 15) is 14.0 Å². The number of carbonyl (C=O) groups excluding carboxylic acids is 2. The average Bonchev–Trinajstić information content (AvgIpc) is 2.44. The lowest BCUT2D eigenvalue weighted by molar-refractivity contribution is -0.123. The van der Waals surface area contributed by atoms with E-state index in [4.69, 9.17) is 0 Å². The Balaban J connectivity index is 2.21. The molecule has 0 atom stereocenters. The summed E-state index contributed by atoms with van der Waals surface area (Å²) in [6.07, 6.45) is 0.267. The Morgan fingerprint density at radius 3 is 2.56 bits per heavy atom. The van der Waals surface area contributed by atoms with Gasteiger partial charge in [0.1, 0.15) is 5.82 Å². The van der Waals surface area contributed by atoms with Gasteiger partial charge in [0, 0.05) is 18.7 Å². The van der Waals surface area contributed by atoms with Crippen molar-refractivity contribution in [2.24, 2.45) is 0 Å². The van der Waals surface area contributed by atoms with Crippen LogP contribution in [0.25, 0.3) is 0 Å². The monoisotopic (exact) mass is 222 g/mol. The first-order chi connectivity index (χ1) is 7.66. The summed E-state index contributed by atoms with van der Waals surface area (Å²) >= 11 is 0. The Hall–Kier alpha value is -1.91. The number of nitrogens with one attached hydrogen (secondary N) is 1. The summed E-state index contributed by atoms with van der Waals surface area (Å²) in [5, 5.41) is 2.50. The van der Waals surface area contributed by atoms with Crippen molar-refractivity contribution in [3.05, 3.63) is 30.1 Å². The van der Waals surface area contributed by atoms with Gasteiger partial charge in [0.25, 0.3) is 0 Å². The summed E-state index contributed by atoms with van der Waals surface area (Å²) in [7, 11) is 0. The molecule has 1 fully saturated rings. The fraction of sp³-hybridized carbons (Fsp3) is 0.273. The van der Waals surface area contributed by atoms with Crippen molar-refractivity contribution in [2.75, 3.05) is 18.0 Å². The number of benzene rings is 1. The van der Waals surface area contributed by atoms with Crippen LogP contribution in [-0.4, -0.2) is 24.9 Å². The van der Waals surface area contributed by atoms with Crippen LogP contribution in [0.3, 0.4) is 0 Å². The van der Waals surface area contributed by atoms with Crippen LogP contribution in [0, 0.1) is 5.82 Å². The van der Waals surface area contributed by atoms with E-state index in [1.54, 1.807) is 0 Å². The third kappa shape index (κ3) is 2.18. The van der Waals surface area contributed by atoms with E-state index in [1.807, 2.05) is 0 Å². The van der Waals surface area contributed by atoms with E-state index in [1.165, 1.54) is 29.2 Å². The van der Waals surface area contributed by atoms with Gasteiger partial charge in [0.2, 0.25) is 11.8 Å². The molecule has 1 saturated heterocycles. The topological polar surface area (TPSA) is 49.4 Å². The third-order valence-electron chi connectivity index (χ3n) is 2.44. The van der Waals surface area contributed by atoms with Crippen molar-refractivity contribution in [1.29, 1.82) is 0 Å². The molecule has 0 saturated carbocycles. The molecule has 2 rings (SSSR count). The molecule has 16 heavy (non-hydrogen) atoms. The van der Waals surface area contributed by atoms with Gasteiger partial charge in [-0.05, 0) is 24.3 Å². The molecule has 1 heterocycles. The molecule has 1 aliphatic rings. The fourth-order valence-electron chi connectivity index (χ4n) is 1.59. The second-order valence-corrected chi connectivity index (χ2v) is 3.55. The van der Waals surface area contributed by atoms with Gasteiger partial charge in [0.05, 0.1) is 6.54 Å². The molecule has 1 aromatic rings. The predicted molar refractivity (Wildman–Crippen MR) is 56.4 cm³/mol. The number of rotatable bonds is 1. The first kappa shape index (κ1) is 10.6. The average molecular weight is 222 g/mol. The number of carbonyl (C=O) groups is 2. The zero-order valence-corrected chi connectivity index (χ0v) is 8.57. The summed E-state index contributed by atoms with van der Waals surface area (Å²) in [5.74, 6) is -0.671. The van der Waals surface area contributed by atoms with E-state index < -0.39 is 0 Å². The van der Waals surface area contributed by atoms with E-state index >= 15 is 0 Å². The van der Waals surface area contributed by atoms with Crippen LogP contribution in [0.5, 0.6) is 0 Å². The fourth-order valence-corrected chi connectivity index (χ4v) is 1.59. The highest BCUT2D eigenvalue weighted by Gasteiger charge is 2.21. The van der Waals surface area contributed by atoms with E-state index in [0.717, 1.165) is 0 Å². The number of amides is 2. The maximum atomic E-state index is 12.7. The Labute approximate surface area is 92.0 Å². The van der Waals surface area contributed by atoms with Crippen molar-refractivity contribution in [1.82, 2.24) is 5.32 Å². The quantitative estimate of drug-likeness (QED) is 0.759. The van der Waals surface area contributed by atoms with Gasteiger partial charge in [-0.15, -0.1) is 0 Å². The molecule has 0 unspecified atom stereocenters. The molecule has 4 nitrogen and oxygen atoms in total. The number of hydrogen-bond donors (Lipinski definition) is 1. The standard InChI is InChI=1S/C11H11FN2O2/c12-8-1-3-9(4-2-8)14-6-5-10(15)13-7-11(14)16/h1-4H,5-7H2,(H,13,15). The predicted octanol–water partition coefficient (Wildman–Crippen LogP) is 0.679. The Kier molecular flexibility index (Phi) is 2.85. The highest BCUT2D eigenvalue weighted by molar-refractivity contribution is 5.98. The van der Waals surface area contributed by atoms with Crippen LogP contribution < -0.4 is 10.2 Å². The van der Waals surface area contributed by atoms with Gasteiger partial charge in [-0.25, -0.2) is 4.39 Å². The molecule has 2 amide bonds. The number of halogens is 1. The molecule has 0 radical (unpaired) electrons. The maximum Gasteiger partial charge on any atom is 0.246 e. The van der Waals surface area contributed by atoms with Gasteiger partial charge in [-0.2, -0.15) is 0 Å². The molecule has 1 N–H and O–H groups in total. The molecular formula is C11H11FN2O2. The van der Waals surface area contributed by atoms with E-state index in [2.05, 4.69) is 5.32 Å². The minimum Gasteiger partial charge on any atom is -0.347 e. The number of hydrogen-bond acceptors (Lipinski definition) is 2. The van der Waals surface area contributed by atoms with Crippen molar-refractivity contribution < 1.29 is 14.0 Å². The van der Waals surface area contributed by atoms with Gasteiger partial charge in [-0.1, -0.05) is 0 Å². The normalized spacial score (nSPS) is 16.9. The second-order valence-electron chi connectivity index (χ2n) is 3.55. The lowest BCUT2D eigenvalue weighted by atomic mass is 10.2. The van der Waals surface area contributed by atoms with Gasteiger partial charge < -0.3 is 10.2 Å². The van der Waals surface area contributed by atoms with Crippen molar-refractivity contribution in [2.45, 2.75) is 6.42 Å². The molecule has 0 aliphatic carbocycles. The minimum atomic E-state index is -0.347. The van der Waals surface area contributed by atoms with Gasteiger partial charge in [-0.3, -0.25) is 9.59 Å². The molecule has 0 aromatic heterocycles. The molecule has 0 spiro atoms. The van der Waals surface area contributed by atoms with Crippen molar-refractivity contribution in [3.8, 4) is 0 Å². The SMILES string of the molecule is O=C1CCN(c2ccc(F)cc2)C(=O)CN1. The smallest absolute Gasteiger partial charge is 0.246 e. The molecule has 1 aliphatic heterocycles. The Bertz CT molecular complexity index is 416. The van der Waals surface area contributed by atoms with Crippen LogP contribution >= 0.6 is 0 Å². The number of nitrogens with zero attached hydrogens (tertiary/aromatic N) is 1.